The van der Waals surface area contributed by atoms with Crippen molar-refractivity contribution in [3.8, 4) is 0 Å². The molecule has 0 spiro atoms. The minimum Gasteiger partial charge on any atom is -0.481 e. The lowest BCUT2D eigenvalue weighted by atomic mass is 9.81. The lowest BCUT2D eigenvalue weighted by molar-refractivity contribution is -0.145. The Bertz CT molecular complexity index is 2970. The van der Waals surface area contributed by atoms with Crippen LogP contribution >= 0.6 is 69.9 Å². The van der Waals surface area contributed by atoms with Crippen LogP contribution in [0.5, 0.6) is 0 Å². The van der Waals surface area contributed by atoms with Crippen molar-refractivity contribution in [1.29, 1.82) is 0 Å². The number of carboxylic acid groups (broad SMARTS) is 1. The number of ether oxygens (including phenoxy) is 1. The van der Waals surface area contributed by atoms with Crippen LogP contribution in [0.1, 0.15) is 88.7 Å². The van der Waals surface area contributed by atoms with E-state index in [0.29, 0.717) is 62.4 Å². The zero-order chi connectivity index (χ0) is 52.3. The van der Waals surface area contributed by atoms with Gasteiger partial charge in [0, 0.05) is 57.7 Å². The molecule has 0 aliphatic carbocycles. The van der Waals surface area contributed by atoms with Crippen molar-refractivity contribution in [2.75, 3.05) is 33.3 Å². The van der Waals surface area contributed by atoms with Crippen LogP contribution in [0.25, 0.3) is 0 Å². The summed E-state index contributed by atoms with van der Waals surface area (Å²) in [6.45, 7) is 14.2. The predicted molar refractivity (Wildman–Crippen MR) is 292 cm³/mol. The highest BCUT2D eigenvalue weighted by atomic mass is 35.5. The van der Waals surface area contributed by atoms with Gasteiger partial charge in [0.05, 0.1) is 31.0 Å². The summed E-state index contributed by atoms with van der Waals surface area (Å²) in [5.74, 6) is -1.98. The number of nitrogens with zero attached hydrogens (tertiary/aromatic N) is 6. The van der Waals surface area contributed by atoms with Crippen molar-refractivity contribution >= 4 is 104 Å². The Morgan fingerprint density at radius 3 is 1.26 bits per heavy atom. The van der Waals surface area contributed by atoms with Crippen LogP contribution < -0.4 is 0 Å². The van der Waals surface area contributed by atoms with Gasteiger partial charge in [0.1, 0.15) is 20.9 Å². The summed E-state index contributed by atoms with van der Waals surface area (Å²) >= 11 is 27.7. The van der Waals surface area contributed by atoms with E-state index < -0.39 is 23.0 Å². The van der Waals surface area contributed by atoms with Gasteiger partial charge >= 0.3 is 11.9 Å². The van der Waals surface area contributed by atoms with E-state index in [1.54, 1.807) is 9.80 Å². The Balaban J connectivity index is 0.000000180. The van der Waals surface area contributed by atoms with Crippen molar-refractivity contribution in [3.63, 3.8) is 0 Å². The van der Waals surface area contributed by atoms with Gasteiger partial charge in [-0.25, -0.2) is 9.98 Å². The summed E-state index contributed by atoms with van der Waals surface area (Å²) in [5.41, 5.74) is 4.78. The molecular formula is C55H56Cl4N6O6S2. The molecule has 6 heterocycles. The van der Waals surface area contributed by atoms with Gasteiger partial charge in [0.15, 0.2) is 10.3 Å². The fourth-order valence-corrected chi connectivity index (χ4v) is 14.1. The molecule has 10 rings (SSSR count). The zero-order valence-electron chi connectivity index (χ0n) is 41.4. The fraction of sp³-hybridized carbons (Fsp3) is 0.382. The number of rotatable bonds is 10. The number of aliphatic carboxylic acids is 1. The summed E-state index contributed by atoms with van der Waals surface area (Å²) in [7, 11) is 1.39. The number of methoxy groups -OCH3 is 1. The standard InChI is InChI=1S/C28H29Cl2N3O3S.C27H27Cl2N3O3S/c1-16(2)22-23(25(34)32-14-13-18(15-32)26(35)36-4)37-27-31-28(3,19-7-11-21(30)12-8-19)24(33(22)27)17-5-9-20(29)10-6-17;1-15(2)21-22(24(33)31-13-12-17(14-31)25(34)35)36-26-30-27(3,18-6-10-20(29)11-7-18)23(32(21)26)16-4-8-19(28)9-5-16/h5-12,16,18,24H,13-15H2,1-4H3;4-11,15,17,23H,12-14H2,1-3H3,(H,34,35)/t18-,24?,28?;17-,23?,27?/m00/s1. The summed E-state index contributed by atoms with van der Waals surface area (Å²) in [6.07, 6.45) is 1.09. The van der Waals surface area contributed by atoms with Gasteiger partial charge in [-0.15, -0.1) is 0 Å². The lowest BCUT2D eigenvalue weighted by Crippen LogP contribution is -2.36. The number of aliphatic imine (C=N–C) groups is 2. The maximum Gasteiger partial charge on any atom is 0.310 e. The molecule has 382 valence electrons. The maximum absolute atomic E-state index is 13.8. The predicted octanol–water partition coefficient (Wildman–Crippen LogP) is 12.4. The van der Waals surface area contributed by atoms with Crippen molar-refractivity contribution < 1.29 is 29.0 Å². The number of carbonyl (C=O) groups excluding carboxylic acids is 3. The van der Waals surface area contributed by atoms with Gasteiger partial charge in [-0.2, -0.15) is 0 Å². The normalized spacial score (nSPS) is 25.3. The van der Waals surface area contributed by atoms with E-state index in [1.807, 2.05) is 97.1 Å². The first-order valence-electron chi connectivity index (χ1n) is 24.3. The van der Waals surface area contributed by atoms with Gasteiger partial charge in [-0.05, 0) is 133 Å². The highest BCUT2D eigenvalue weighted by Gasteiger charge is 2.55. The van der Waals surface area contributed by atoms with Crippen LogP contribution in [-0.4, -0.2) is 92.1 Å². The second-order valence-corrected chi connectivity index (χ2v) is 23.7. The van der Waals surface area contributed by atoms with E-state index in [1.165, 1.54) is 30.6 Å². The fourth-order valence-electron chi connectivity index (χ4n) is 10.9. The first kappa shape index (κ1) is 52.9. The molecule has 18 heteroatoms. The smallest absolute Gasteiger partial charge is 0.310 e. The Morgan fingerprint density at radius 1 is 0.589 bits per heavy atom. The van der Waals surface area contributed by atoms with Crippen LogP contribution in [0.2, 0.25) is 20.1 Å². The Morgan fingerprint density at radius 2 is 0.932 bits per heavy atom. The molecular weight excluding hydrogens is 1050 g/mol. The molecule has 0 bridgehead atoms. The van der Waals surface area contributed by atoms with Crippen molar-refractivity contribution in [2.45, 2.75) is 77.5 Å². The molecule has 0 aromatic heterocycles. The summed E-state index contributed by atoms with van der Waals surface area (Å²) in [5, 5.41) is 13.6. The minimum absolute atomic E-state index is 0.0457. The molecule has 2 saturated heterocycles. The topological polar surface area (TPSA) is 135 Å². The lowest BCUT2D eigenvalue weighted by Gasteiger charge is -2.37. The monoisotopic (exact) mass is 1100 g/mol. The highest BCUT2D eigenvalue weighted by molar-refractivity contribution is 8.18. The van der Waals surface area contributed by atoms with Crippen LogP contribution in [0.4, 0.5) is 0 Å². The number of amidine groups is 2. The average Bonchev–Trinajstić information content (AvgIpc) is 4.23. The van der Waals surface area contributed by atoms with Crippen LogP contribution in [0.3, 0.4) is 0 Å². The van der Waals surface area contributed by atoms with Crippen molar-refractivity contribution in [1.82, 2.24) is 19.6 Å². The Kier molecular flexibility index (Phi) is 15.2. The number of allylic oxidation sites excluding steroid dienone is 2. The number of esters is 1. The number of carboxylic acids is 1. The van der Waals surface area contributed by atoms with E-state index in [2.05, 4.69) is 51.3 Å². The molecule has 6 aliphatic heterocycles. The number of halogens is 4. The second-order valence-electron chi connectivity index (χ2n) is 20.0. The molecule has 0 radical (unpaired) electrons. The molecule has 1 N–H and O–H groups in total. The summed E-state index contributed by atoms with van der Waals surface area (Å²) in [4.78, 5) is 70.6. The first-order chi connectivity index (χ1) is 34.7. The molecule has 6 atom stereocenters. The number of thioether (sulfide) groups is 2. The van der Waals surface area contributed by atoms with E-state index in [-0.39, 0.29) is 54.2 Å². The van der Waals surface area contributed by atoms with Gasteiger partial charge in [0.25, 0.3) is 11.8 Å². The molecule has 4 aromatic rings. The quantitative estimate of drug-likeness (QED) is 0.153. The van der Waals surface area contributed by atoms with Gasteiger partial charge < -0.3 is 29.4 Å². The summed E-state index contributed by atoms with van der Waals surface area (Å²) in [6, 6.07) is 30.8. The zero-order valence-corrected chi connectivity index (χ0v) is 46.1. The second kappa shape index (κ2) is 21.0. The number of likely N-dealkylation sites (tertiary alicyclic amines) is 2. The van der Waals surface area contributed by atoms with Gasteiger partial charge in [-0.1, -0.05) is 123 Å². The minimum atomic E-state index is -0.853. The number of hydrogen-bond donors (Lipinski definition) is 1. The van der Waals surface area contributed by atoms with Crippen LogP contribution in [0, 0.1) is 23.7 Å². The average molecular weight is 1100 g/mol. The van der Waals surface area contributed by atoms with Crippen LogP contribution in [0.15, 0.2) is 128 Å². The molecule has 6 aliphatic rings. The van der Waals surface area contributed by atoms with E-state index in [4.69, 9.17) is 61.1 Å². The molecule has 73 heavy (non-hydrogen) atoms. The van der Waals surface area contributed by atoms with E-state index in [0.717, 1.165) is 44.0 Å². The highest BCUT2D eigenvalue weighted by Crippen LogP contribution is 2.58. The maximum atomic E-state index is 13.8. The number of fused-ring (bicyclic) bond motifs is 2. The number of benzene rings is 4. The van der Waals surface area contributed by atoms with E-state index >= 15 is 0 Å². The summed E-state index contributed by atoms with van der Waals surface area (Å²) < 4.78 is 4.91. The molecule has 12 nitrogen and oxygen atoms in total. The van der Waals surface area contributed by atoms with E-state index in [9.17, 15) is 24.3 Å². The molecule has 4 aromatic carbocycles. The van der Waals surface area contributed by atoms with Crippen LogP contribution in [-0.2, 0) is 35.0 Å². The third-order valence-electron chi connectivity index (χ3n) is 14.6. The number of hydrogen-bond acceptors (Lipinski definition) is 11. The van der Waals surface area contributed by atoms with Gasteiger partial charge in [-0.3, -0.25) is 19.2 Å². The Labute approximate surface area is 454 Å². The SMILES string of the molecule is CC(C)C1=C(C(=O)N2CC[C@H](C(=O)O)C2)SC2=NC(C)(c3ccc(Cl)cc3)C(c3ccc(Cl)cc3)N21.COC(=O)[C@H]1CCN(C(=O)C2=C(C(C)C)N3C(=NC(C)(c4ccc(Cl)cc4)C3c3ccc(Cl)cc3)S2)C1. The Hall–Kier alpha value is -4.96. The molecule has 2 fully saturated rings. The first-order valence-corrected chi connectivity index (χ1v) is 27.4. The van der Waals surface area contributed by atoms with Crippen molar-refractivity contribution in [3.05, 3.63) is 161 Å². The molecule has 4 unspecified atom stereocenters. The third kappa shape index (κ3) is 9.92. The number of amides is 2. The number of carbonyl (C=O) groups is 4. The largest absolute Gasteiger partial charge is 0.481 e. The molecule has 0 saturated carbocycles. The van der Waals surface area contributed by atoms with Crippen molar-refractivity contribution in [2.24, 2.45) is 33.7 Å². The third-order valence-corrected chi connectivity index (χ3v) is 17.7. The molecule has 2 amide bonds. The van der Waals surface area contributed by atoms with Gasteiger partial charge in [0.2, 0.25) is 0 Å².